The standard InChI is InChI=1S/C27H23F2N3O2/c28-21-8-6-18(7-9-21)15-24-17-31-26(34-24)25-5-2-12-32(25)27(33)20-10-11-30-23(16-20)14-19-3-1-4-22(29)13-19/h1,3-4,6-11,13,16-17,25H,2,5,12,14-15H2/t25-/m0/s1. The Morgan fingerprint density at radius 1 is 0.971 bits per heavy atom. The first-order valence-electron chi connectivity index (χ1n) is 11.2. The molecular formula is C27H23F2N3O2. The lowest BCUT2D eigenvalue weighted by molar-refractivity contribution is 0.0714. The SMILES string of the molecule is O=C(c1ccnc(Cc2cccc(F)c2)c1)N1CCC[C@H]1c1ncc(Cc2ccc(F)cc2)o1. The maximum absolute atomic E-state index is 13.5. The van der Waals surface area contributed by atoms with Crippen LogP contribution in [0.3, 0.4) is 0 Å². The van der Waals surface area contributed by atoms with Gasteiger partial charge in [0.1, 0.15) is 23.4 Å². The Kier molecular flexibility index (Phi) is 6.16. The monoisotopic (exact) mass is 459 g/mol. The van der Waals surface area contributed by atoms with Crippen LogP contribution < -0.4 is 0 Å². The van der Waals surface area contributed by atoms with Crippen molar-refractivity contribution in [2.24, 2.45) is 0 Å². The van der Waals surface area contributed by atoms with Gasteiger partial charge in [0.25, 0.3) is 5.91 Å². The maximum atomic E-state index is 13.5. The van der Waals surface area contributed by atoms with E-state index in [9.17, 15) is 13.6 Å². The summed E-state index contributed by atoms with van der Waals surface area (Å²) in [5, 5.41) is 0. The molecule has 0 unspecified atom stereocenters. The van der Waals surface area contributed by atoms with Gasteiger partial charge in [0.2, 0.25) is 5.89 Å². The zero-order chi connectivity index (χ0) is 23.5. The normalized spacial score (nSPS) is 15.6. The second-order valence-electron chi connectivity index (χ2n) is 8.47. The van der Waals surface area contributed by atoms with E-state index in [-0.39, 0.29) is 23.6 Å². The smallest absolute Gasteiger partial charge is 0.254 e. The van der Waals surface area contributed by atoms with Gasteiger partial charge in [-0.15, -0.1) is 0 Å². The predicted octanol–water partition coefficient (Wildman–Crippen LogP) is 5.51. The van der Waals surface area contributed by atoms with Crippen LogP contribution in [0.4, 0.5) is 8.78 Å². The first-order chi connectivity index (χ1) is 16.5. The summed E-state index contributed by atoms with van der Waals surface area (Å²) in [5.41, 5.74) is 2.95. The van der Waals surface area contributed by atoms with Crippen LogP contribution in [0.15, 0.2) is 77.5 Å². The summed E-state index contributed by atoms with van der Waals surface area (Å²) in [5.74, 6) is 0.495. The van der Waals surface area contributed by atoms with Crippen molar-refractivity contribution < 1.29 is 18.0 Å². The highest BCUT2D eigenvalue weighted by atomic mass is 19.1. The van der Waals surface area contributed by atoms with Gasteiger partial charge in [0.05, 0.1) is 6.20 Å². The van der Waals surface area contributed by atoms with Crippen molar-refractivity contribution in [3.63, 3.8) is 0 Å². The fourth-order valence-corrected chi connectivity index (χ4v) is 4.36. The van der Waals surface area contributed by atoms with Gasteiger partial charge in [-0.1, -0.05) is 24.3 Å². The molecule has 2 aromatic heterocycles. The molecule has 0 saturated carbocycles. The number of amides is 1. The van der Waals surface area contributed by atoms with Crippen molar-refractivity contribution in [1.82, 2.24) is 14.9 Å². The summed E-state index contributed by atoms with van der Waals surface area (Å²) in [6.07, 6.45) is 5.84. The lowest BCUT2D eigenvalue weighted by atomic mass is 10.1. The highest BCUT2D eigenvalue weighted by molar-refractivity contribution is 5.94. The molecule has 0 bridgehead atoms. The van der Waals surface area contributed by atoms with Crippen LogP contribution in [-0.4, -0.2) is 27.3 Å². The van der Waals surface area contributed by atoms with Gasteiger partial charge in [0.15, 0.2) is 0 Å². The van der Waals surface area contributed by atoms with E-state index in [0.29, 0.717) is 42.3 Å². The Hall–Kier alpha value is -3.87. The Bertz CT molecular complexity index is 1300. The fourth-order valence-electron chi connectivity index (χ4n) is 4.36. The third kappa shape index (κ3) is 4.88. The van der Waals surface area contributed by atoms with Gasteiger partial charge in [-0.05, 0) is 60.4 Å². The van der Waals surface area contributed by atoms with E-state index in [2.05, 4.69) is 9.97 Å². The quantitative estimate of drug-likeness (QED) is 0.382. The Morgan fingerprint density at radius 3 is 2.65 bits per heavy atom. The molecule has 34 heavy (non-hydrogen) atoms. The Labute approximate surface area is 196 Å². The minimum absolute atomic E-state index is 0.108. The topological polar surface area (TPSA) is 59.2 Å². The third-order valence-corrected chi connectivity index (χ3v) is 6.00. The van der Waals surface area contributed by atoms with Crippen LogP contribution in [0.2, 0.25) is 0 Å². The lowest BCUT2D eigenvalue weighted by Gasteiger charge is -2.22. The molecular weight excluding hydrogens is 436 g/mol. The zero-order valence-electron chi connectivity index (χ0n) is 18.5. The van der Waals surface area contributed by atoms with Crippen molar-refractivity contribution in [1.29, 1.82) is 0 Å². The third-order valence-electron chi connectivity index (χ3n) is 6.00. The molecule has 2 aromatic carbocycles. The minimum Gasteiger partial charge on any atom is -0.443 e. The van der Waals surface area contributed by atoms with Crippen LogP contribution in [-0.2, 0) is 12.8 Å². The average molecular weight is 459 g/mol. The Morgan fingerprint density at radius 2 is 1.82 bits per heavy atom. The van der Waals surface area contributed by atoms with Crippen molar-refractivity contribution in [2.45, 2.75) is 31.7 Å². The number of aromatic nitrogens is 2. The van der Waals surface area contributed by atoms with E-state index in [1.165, 1.54) is 24.3 Å². The maximum Gasteiger partial charge on any atom is 0.254 e. The molecule has 5 nitrogen and oxygen atoms in total. The van der Waals surface area contributed by atoms with Gasteiger partial charge >= 0.3 is 0 Å². The number of likely N-dealkylation sites (tertiary alicyclic amines) is 1. The first-order valence-corrected chi connectivity index (χ1v) is 11.2. The molecule has 1 aliphatic heterocycles. The summed E-state index contributed by atoms with van der Waals surface area (Å²) in [7, 11) is 0. The van der Waals surface area contributed by atoms with Gasteiger partial charge in [-0.3, -0.25) is 9.78 Å². The Balaban J connectivity index is 1.31. The van der Waals surface area contributed by atoms with Crippen molar-refractivity contribution in [3.05, 3.63) is 119 Å². The summed E-state index contributed by atoms with van der Waals surface area (Å²) in [4.78, 5) is 23.9. The van der Waals surface area contributed by atoms with Gasteiger partial charge < -0.3 is 9.32 Å². The molecule has 0 aliphatic carbocycles. The molecule has 1 fully saturated rings. The van der Waals surface area contributed by atoms with Gasteiger partial charge in [0, 0.05) is 36.8 Å². The number of hydrogen-bond acceptors (Lipinski definition) is 4. The number of benzene rings is 2. The van der Waals surface area contributed by atoms with E-state index in [0.717, 1.165) is 24.0 Å². The van der Waals surface area contributed by atoms with E-state index < -0.39 is 0 Å². The number of rotatable bonds is 6. The summed E-state index contributed by atoms with van der Waals surface area (Å²) in [6.45, 7) is 0.612. The molecule has 0 spiro atoms. The lowest BCUT2D eigenvalue weighted by Crippen LogP contribution is -2.30. The van der Waals surface area contributed by atoms with Crippen LogP contribution in [0.5, 0.6) is 0 Å². The number of carbonyl (C=O) groups excluding carboxylic acids is 1. The molecule has 1 aliphatic rings. The highest BCUT2D eigenvalue weighted by Crippen LogP contribution is 2.33. The van der Waals surface area contributed by atoms with Crippen LogP contribution in [0.1, 0.15) is 57.7 Å². The molecule has 4 aromatic rings. The van der Waals surface area contributed by atoms with Gasteiger partial charge in [-0.2, -0.15) is 0 Å². The number of carbonyl (C=O) groups is 1. The van der Waals surface area contributed by atoms with Crippen LogP contribution in [0, 0.1) is 11.6 Å². The second-order valence-corrected chi connectivity index (χ2v) is 8.47. The summed E-state index contributed by atoms with van der Waals surface area (Å²) in [6, 6.07) is 15.9. The molecule has 3 heterocycles. The van der Waals surface area contributed by atoms with Crippen LogP contribution >= 0.6 is 0 Å². The first kappa shape index (κ1) is 21.9. The van der Waals surface area contributed by atoms with Crippen LogP contribution in [0.25, 0.3) is 0 Å². The molecule has 0 N–H and O–H groups in total. The van der Waals surface area contributed by atoms with E-state index in [1.807, 2.05) is 6.07 Å². The predicted molar refractivity (Wildman–Crippen MR) is 122 cm³/mol. The van der Waals surface area contributed by atoms with Crippen molar-refractivity contribution >= 4 is 5.91 Å². The van der Waals surface area contributed by atoms with E-state index >= 15 is 0 Å². The fraction of sp³-hybridized carbons (Fsp3) is 0.222. The summed E-state index contributed by atoms with van der Waals surface area (Å²) < 4.78 is 32.7. The molecule has 5 rings (SSSR count). The number of pyridine rings is 1. The number of hydrogen-bond donors (Lipinski definition) is 0. The summed E-state index contributed by atoms with van der Waals surface area (Å²) >= 11 is 0. The van der Waals surface area contributed by atoms with E-state index in [4.69, 9.17) is 4.42 Å². The van der Waals surface area contributed by atoms with Crippen molar-refractivity contribution in [2.75, 3.05) is 6.54 Å². The highest BCUT2D eigenvalue weighted by Gasteiger charge is 2.34. The molecule has 7 heteroatoms. The zero-order valence-corrected chi connectivity index (χ0v) is 18.5. The molecule has 1 atom stereocenters. The number of nitrogens with zero attached hydrogens (tertiary/aromatic N) is 3. The molecule has 1 saturated heterocycles. The molecule has 0 radical (unpaired) electrons. The second kappa shape index (κ2) is 9.55. The largest absolute Gasteiger partial charge is 0.443 e. The molecule has 172 valence electrons. The minimum atomic E-state index is -0.297. The number of oxazole rings is 1. The van der Waals surface area contributed by atoms with Crippen molar-refractivity contribution in [3.8, 4) is 0 Å². The van der Waals surface area contributed by atoms with Gasteiger partial charge in [-0.25, -0.2) is 13.8 Å². The molecule has 1 amide bonds. The average Bonchev–Trinajstić information content (AvgIpc) is 3.50. The number of halogens is 2. The van der Waals surface area contributed by atoms with E-state index in [1.54, 1.807) is 47.6 Å².